The van der Waals surface area contributed by atoms with Crippen LogP contribution in [0.15, 0.2) is 44.6 Å². The molecule has 0 bridgehead atoms. The lowest BCUT2D eigenvalue weighted by molar-refractivity contribution is 1.32. The Morgan fingerprint density at radius 2 is 2.36 bits per heavy atom. The molecule has 0 aromatic rings. The molecule has 0 aromatic heterocycles. The van der Waals surface area contributed by atoms with Crippen molar-refractivity contribution in [2.75, 3.05) is 5.75 Å². The van der Waals surface area contributed by atoms with E-state index in [2.05, 4.69) is 26.8 Å². The van der Waals surface area contributed by atoms with Crippen LogP contribution in [0.25, 0.3) is 0 Å². The van der Waals surface area contributed by atoms with Crippen LogP contribution >= 0.6 is 11.8 Å². The minimum Gasteiger partial charge on any atom is -0.282 e. The standard InChI is InChI=1S/C8H7N5S/c1-2-3-14-8-11-6(9)5-4-10-13-7(5)12-8/h2,4,9H,1,3H2. The van der Waals surface area contributed by atoms with Gasteiger partial charge >= 0.3 is 0 Å². The maximum absolute atomic E-state index is 7.59. The normalized spacial score (nSPS) is 18.6. The van der Waals surface area contributed by atoms with Crippen LogP contribution in [0.5, 0.6) is 0 Å². The maximum atomic E-state index is 7.59. The topological polar surface area (TPSA) is 73.3 Å². The first kappa shape index (κ1) is 9.01. The molecular weight excluding hydrogens is 198 g/mol. The number of azo groups is 1. The van der Waals surface area contributed by atoms with Gasteiger partial charge in [0.05, 0.1) is 11.8 Å². The molecule has 1 N–H and O–H groups in total. The Labute approximate surface area is 84.9 Å². The Balaban J connectivity index is 2.22. The second-order valence-electron chi connectivity index (χ2n) is 2.54. The fraction of sp³-hybridized carbons (Fsp3) is 0.125. The lowest BCUT2D eigenvalue weighted by Crippen LogP contribution is -2.14. The summed E-state index contributed by atoms with van der Waals surface area (Å²) in [5, 5.41) is 15.6. The Bertz CT molecular complexity index is 415. The van der Waals surface area contributed by atoms with E-state index >= 15 is 0 Å². The van der Waals surface area contributed by atoms with Crippen LogP contribution in [-0.2, 0) is 0 Å². The van der Waals surface area contributed by atoms with Gasteiger partial charge in [-0.15, -0.1) is 11.7 Å². The number of fused-ring (bicyclic) bond motifs is 1. The Kier molecular flexibility index (Phi) is 2.36. The predicted molar refractivity (Wildman–Crippen MR) is 58.2 cm³/mol. The van der Waals surface area contributed by atoms with E-state index < -0.39 is 0 Å². The van der Waals surface area contributed by atoms with E-state index in [-0.39, 0.29) is 5.84 Å². The summed E-state index contributed by atoms with van der Waals surface area (Å²) >= 11 is 1.42. The zero-order valence-electron chi connectivity index (χ0n) is 7.27. The van der Waals surface area contributed by atoms with Gasteiger partial charge in [0.25, 0.3) is 0 Å². The van der Waals surface area contributed by atoms with Gasteiger partial charge in [0.15, 0.2) is 16.8 Å². The molecule has 2 heterocycles. The van der Waals surface area contributed by atoms with E-state index in [0.717, 1.165) is 5.75 Å². The molecule has 0 amide bonds. The Morgan fingerprint density at radius 1 is 1.50 bits per heavy atom. The first-order chi connectivity index (χ1) is 6.81. The van der Waals surface area contributed by atoms with E-state index in [4.69, 9.17) is 5.41 Å². The third-order valence-corrected chi connectivity index (χ3v) is 2.42. The van der Waals surface area contributed by atoms with Crippen LogP contribution in [0.1, 0.15) is 0 Å². The maximum Gasteiger partial charge on any atom is 0.192 e. The lowest BCUT2D eigenvalue weighted by Gasteiger charge is -2.07. The zero-order valence-corrected chi connectivity index (χ0v) is 8.08. The van der Waals surface area contributed by atoms with Crippen molar-refractivity contribution >= 4 is 28.6 Å². The van der Waals surface area contributed by atoms with Gasteiger partial charge in [-0.3, -0.25) is 5.41 Å². The molecule has 2 aliphatic rings. The highest BCUT2D eigenvalue weighted by atomic mass is 32.2. The number of nitrogens with one attached hydrogen (secondary N) is 1. The Morgan fingerprint density at radius 3 is 3.14 bits per heavy atom. The highest BCUT2D eigenvalue weighted by Gasteiger charge is 2.22. The van der Waals surface area contributed by atoms with E-state index in [9.17, 15) is 0 Å². The molecule has 0 unspecified atom stereocenters. The highest BCUT2D eigenvalue weighted by Crippen LogP contribution is 2.19. The second kappa shape index (κ2) is 3.67. The van der Waals surface area contributed by atoms with Crippen LogP contribution in [0.3, 0.4) is 0 Å². The quantitative estimate of drug-likeness (QED) is 0.688. The molecule has 0 aromatic carbocycles. The highest BCUT2D eigenvalue weighted by molar-refractivity contribution is 8.14. The molecule has 14 heavy (non-hydrogen) atoms. The number of amidine groups is 3. The van der Waals surface area contributed by atoms with Crippen molar-refractivity contribution in [3.05, 3.63) is 24.4 Å². The summed E-state index contributed by atoms with van der Waals surface area (Å²) in [5.41, 5.74) is 0.591. The fourth-order valence-corrected chi connectivity index (χ4v) is 1.55. The van der Waals surface area contributed by atoms with Crippen LogP contribution in [0.2, 0.25) is 0 Å². The molecule has 0 aliphatic carbocycles. The van der Waals surface area contributed by atoms with Gasteiger partial charge in [0.2, 0.25) is 0 Å². The molecule has 70 valence electrons. The summed E-state index contributed by atoms with van der Waals surface area (Å²) in [6.07, 6.45) is 3.26. The zero-order chi connectivity index (χ0) is 9.97. The van der Waals surface area contributed by atoms with Gasteiger partial charge in [-0.05, 0) is 0 Å². The molecule has 0 radical (unpaired) electrons. The average molecular weight is 205 g/mol. The van der Waals surface area contributed by atoms with Gasteiger partial charge in [-0.1, -0.05) is 17.8 Å². The van der Waals surface area contributed by atoms with Crippen LogP contribution in [0.4, 0.5) is 0 Å². The van der Waals surface area contributed by atoms with Gasteiger partial charge in [-0.2, -0.15) is 5.11 Å². The van der Waals surface area contributed by atoms with Crippen molar-refractivity contribution in [3.8, 4) is 0 Å². The number of aliphatic imine (C=N–C) groups is 2. The summed E-state index contributed by atoms with van der Waals surface area (Å²) in [7, 11) is 0. The monoisotopic (exact) mass is 205 g/mol. The number of thioether (sulfide) groups is 1. The first-order valence-electron chi connectivity index (χ1n) is 3.92. The van der Waals surface area contributed by atoms with Gasteiger partial charge in [0, 0.05) is 5.75 Å². The first-order valence-corrected chi connectivity index (χ1v) is 4.91. The summed E-state index contributed by atoms with van der Waals surface area (Å²) < 4.78 is 0. The van der Waals surface area contributed by atoms with Crippen LogP contribution in [0, 0.1) is 5.41 Å². The number of hydrogen-bond donors (Lipinski definition) is 1. The smallest absolute Gasteiger partial charge is 0.192 e. The van der Waals surface area contributed by atoms with Gasteiger partial charge in [0.1, 0.15) is 0 Å². The predicted octanol–water partition coefficient (Wildman–Crippen LogP) is 2.00. The molecule has 6 heteroatoms. The summed E-state index contributed by atoms with van der Waals surface area (Å²) in [5.74, 6) is 1.38. The third-order valence-electron chi connectivity index (χ3n) is 1.57. The van der Waals surface area contributed by atoms with Crippen molar-refractivity contribution in [3.63, 3.8) is 0 Å². The molecule has 0 atom stereocenters. The van der Waals surface area contributed by atoms with Crippen molar-refractivity contribution < 1.29 is 0 Å². The van der Waals surface area contributed by atoms with Gasteiger partial charge in [-0.25, -0.2) is 9.98 Å². The fourth-order valence-electron chi connectivity index (χ4n) is 0.972. The lowest BCUT2D eigenvalue weighted by atomic mass is 10.2. The molecule has 5 nitrogen and oxygen atoms in total. The van der Waals surface area contributed by atoms with E-state index in [0.29, 0.717) is 16.6 Å². The minimum absolute atomic E-state index is 0.173. The largest absolute Gasteiger partial charge is 0.282 e. The molecule has 0 spiro atoms. The molecule has 2 aliphatic heterocycles. The molecule has 0 saturated heterocycles. The third kappa shape index (κ3) is 1.56. The Hall–Kier alpha value is -1.56. The average Bonchev–Trinajstić information content (AvgIpc) is 2.63. The summed E-state index contributed by atoms with van der Waals surface area (Å²) in [6.45, 7) is 3.60. The number of nitrogens with zero attached hydrogens (tertiary/aromatic N) is 4. The second-order valence-corrected chi connectivity index (χ2v) is 3.52. The van der Waals surface area contributed by atoms with Crippen LogP contribution < -0.4 is 0 Å². The molecule has 2 rings (SSSR count). The summed E-state index contributed by atoms with van der Waals surface area (Å²) in [6, 6.07) is 0. The van der Waals surface area contributed by atoms with Crippen molar-refractivity contribution in [2.45, 2.75) is 0 Å². The SMILES string of the molecule is C=CCSC1=NC(=N)C2=CN=NC2=N1. The van der Waals surface area contributed by atoms with E-state index in [1.165, 1.54) is 18.0 Å². The van der Waals surface area contributed by atoms with Crippen molar-refractivity contribution in [1.82, 2.24) is 0 Å². The molecule has 0 fully saturated rings. The molecular formula is C8H7N5S. The minimum atomic E-state index is 0.173. The van der Waals surface area contributed by atoms with Crippen molar-refractivity contribution in [1.29, 1.82) is 5.41 Å². The van der Waals surface area contributed by atoms with E-state index in [1.54, 1.807) is 6.08 Å². The van der Waals surface area contributed by atoms with Crippen molar-refractivity contribution in [2.24, 2.45) is 20.2 Å². The van der Waals surface area contributed by atoms with Gasteiger partial charge < -0.3 is 0 Å². The number of rotatable bonds is 2. The molecule has 0 saturated carbocycles. The van der Waals surface area contributed by atoms with E-state index in [1.807, 2.05) is 0 Å². The van der Waals surface area contributed by atoms with Crippen LogP contribution in [-0.4, -0.2) is 22.6 Å². The number of hydrogen-bond acceptors (Lipinski definition) is 5. The summed E-state index contributed by atoms with van der Waals surface area (Å²) in [4.78, 5) is 8.15.